The second kappa shape index (κ2) is 67.1. The Balaban J connectivity index is 3.38. The number of esters is 1. The number of nitrogens with one attached hydrogen (secondary N) is 1. The number of amides is 1. The lowest BCUT2D eigenvalue weighted by molar-refractivity contribution is -0.143. The van der Waals surface area contributed by atoms with Crippen LogP contribution in [0.1, 0.15) is 406 Å². The minimum atomic E-state index is -0.665. The number of aliphatic hydroxyl groups excluding tert-OH is 2. The highest BCUT2D eigenvalue weighted by molar-refractivity contribution is 5.76. The van der Waals surface area contributed by atoms with E-state index >= 15 is 0 Å². The van der Waals surface area contributed by atoms with Crippen LogP contribution >= 0.6 is 0 Å². The maximum absolute atomic E-state index is 12.6. The lowest BCUT2D eigenvalue weighted by atomic mass is 10.0. The van der Waals surface area contributed by atoms with Crippen LogP contribution in [0.3, 0.4) is 0 Å². The average molecular weight is 1090 g/mol. The molecule has 0 bridgehead atoms. The van der Waals surface area contributed by atoms with Gasteiger partial charge in [-0.2, -0.15) is 0 Å². The summed E-state index contributed by atoms with van der Waals surface area (Å²) in [5.41, 5.74) is 0. The van der Waals surface area contributed by atoms with Gasteiger partial charge in [0, 0.05) is 12.8 Å². The maximum atomic E-state index is 12.6. The first-order valence-corrected chi connectivity index (χ1v) is 35.4. The number of aliphatic hydroxyl groups is 2. The number of hydrogen-bond donors (Lipinski definition) is 3. The molecule has 3 N–H and O–H groups in total. The van der Waals surface area contributed by atoms with E-state index < -0.39 is 12.1 Å². The van der Waals surface area contributed by atoms with E-state index in [1.165, 1.54) is 327 Å². The van der Waals surface area contributed by atoms with E-state index in [9.17, 15) is 19.8 Å². The third-order valence-electron chi connectivity index (χ3n) is 16.8. The summed E-state index contributed by atoms with van der Waals surface area (Å²) in [7, 11) is 0. The van der Waals surface area contributed by atoms with E-state index in [-0.39, 0.29) is 18.5 Å². The highest BCUT2D eigenvalue weighted by atomic mass is 16.5. The number of carbonyl (C=O) groups is 2. The van der Waals surface area contributed by atoms with Crippen molar-refractivity contribution >= 4 is 11.9 Å². The molecule has 0 rings (SSSR count). The predicted octanol–water partition coefficient (Wildman–Crippen LogP) is 22.8. The van der Waals surface area contributed by atoms with Gasteiger partial charge in [-0.25, -0.2) is 0 Å². The molecule has 6 nitrogen and oxygen atoms in total. The van der Waals surface area contributed by atoms with Crippen LogP contribution in [0, 0.1) is 0 Å². The van der Waals surface area contributed by atoms with Crippen LogP contribution in [-0.4, -0.2) is 47.4 Å². The Hall–Kier alpha value is -1.40. The van der Waals surface area contributed by atoms with Crippen LogP contribution in [-0.2, 0) is 14.3 Å². The third-order valence-corrected chi connectivity index (χ3v) is 16.8. The summed E-state index contributed by atoms with van der Waals surface area (Å²) in [6.07, 6.45) is 82.5. The smallest absolute Gasteiger partial charge is 0.305 e. The average Bonchev–Trinajstić information content (AvgIpc) is 3.43. The van der Waals surface area contributed by atoms with Gasteiger partial charge in [-0.15, -0.1) is 0 Å². The van der Waals surface area contributed by atoms with Gasteiger partial charge >= 0.3 is 5.97 Å². The van der Waals surface area contributed by atoms with E-state index in [0.29, 0.717) is 25.9 Å². The monoisotopic (exact) mass is 1090 g/mol. The zero-order valence-corrected chi connectivity index (χ0v) is 52.5. The molecule has 77 heavy (non-hydrogen) atoms. The van der Waals surface area contributed by atoms with Crippen LogP contribution in [0.25, 0.3) is 0 Å². The zero-order valence-electron chi connectivity index (χ0n) is 52.5. The SMILES string of the molecule is CCCCCCC/C=C\CCCCCCCC(=O)OCCCCCCCCCCCCCCCCCCCCCCCCC(=O)NC(CO)C(O)CCCCCCCCCCCCCCCCCCCCCCCCCC. The van der Waals surface area contributed by atoms with Gasteiger partial charge < -0.3 is 20.3 Å². The Bertz CT molecular complexity index is 1160. The molecule has 0 heterocycles. The first-order valence-electron chi connectivity index (χ1n) is 35.4. The minimum absolute atomic E-state index is 0.00602. The molecule has 0 saturated heterocycles. The lowest BCUT2D eigenvalue weighted by Gasteiger charge is -2.22. The van der Waals surface area contributed by atoms with E-state index in [1.54, 1.807) is 0 Å². The summed E-state index contributed by atoms with van der Waals surface area (Å²) >= 11 is 0. The van der Waals surface area contributed by atoms with Gasteiger partial charge in [-0.3, -0.25) is 9.59 Å². The van der Waals surface area contributed by atoms with Gasteiger partial charge in [-0.05, 0) is 51.4 Å². The summed E-state index contributed by atoms with van der Waals surface area (Å²) in [4.78, 5) is 24.6. The molecule has 2 unspecified atom stereocenters. The standard InChI is InChI=1S/C71H139NO5/c1-3-5-7-9-11-13-15-17-19-20-21-22-23-24-27-30-33-36-39-43-47-51-55-59-63-69(74)68(67-73)72-70(75)64-60-56-52-48-44-40-37-34-31-28-25-26-29-32-35-38-42-46-50-54-58-62-66-77-71(76)65-61-57-53-49-45-41-18-16-14-12-10-8-6-4-2/h16,18,68-69,73-74H,3-15,17,19-67H2,1-2H3,(H,72,75)/b18-16-. The van der Waals surface area contributed by atoms with Gasteiger partial charge in [0.1, 0.15) is 0 Å². The molecule has 2 atom stereocenters. The van der Waals surface area contributed by atoms with Crippen LogP contribution in [0.4, 0.5) is 0 Å². The Morgan fingerprint density at radius 1 is 0.351 bits per heavy atom. The van der Waals surface area contributed by atoms with Gasteiger partial charge in [0.2, 0.25) is 5.91 Å². The van der Waals surface area contributed by atoms with E-state index in [4.69, 9.17) is 4.74 Å². The van der Waals surface area contributed by atoms with Crippen molar-refractivity contribution in [2.24, 2.45) is 0 Å². The van der Waals surface area contributed by atoms with E-state index in [2.05, 4.69) is 31.3 Å². The van der Waals surface area contributed by atoms with Crippen molar-refractivity contribution in [3.63, 3.8) is 0 Å². The van der Waals surface area contributed by atoms with E-state index in [0.717, 1.165) is 44.9 Å². The molecular weight excluding hydrogens is 947 g/mol. The molecule has 0 aromatic rings. The molecular formula is C71H139NO5. The Morgan fingerprint density at radius 3 is 0.922 bits per heavy atom. The first kappa shape index (κ1) is 75.6. The van der Waals surface area contributed by atoms with Gasteiger partial charge in [0.05, 0.1) is 25.4 Å². The second-order valence-electron chi connectivity index (χ2n) is 24.6. The molecule has 0 aromatic heterocycles. The highest BCUT2D eigenvalue weighted by Crippen LogP contribution is 2.19. The van der Waals surface area contributed by atoms with Crippen molar-refractivity contribution in [1.82, 2.24) is 5.32 Å². The minimum Gasteiger partial charge on any atom is -0.466 e. The van der Waals surface area contributed by atoms with Crippen LogP contribution in [0.5, 0.6) is 0 Å². The molecule has 0 aliphatic heterocycles. The van der Waals surface area contributed by atoms with Crippen molar-refractivity contribution in [3.05, 3.63) is 12.2 Å². The zero-order chi connectivity index (χ0) is 55.7. The second-order valence-corrected chi connectivity index (χ2v) is 24.6. The van der Waals surface area contributed by atoms with Crippen molar-refractivity contribution in [1.29, 1.82) is 0 Å². The number of hydrogen-bond acceptors (Lipinski definition) is 5. The van der Waals surface area contributed by atoms with Crippen molar-refractivity contribution in [2.45, 2.75) is 418 Å². The summed E-state index contributed by atoms with van der Waals surface area (Å²) in [5.74, 6) is -0.0239. The number of carbonyl (C=O) groups excluding carboxylic acids is 2. The first-order chi connectivity index (χ1) is 38.0. The molecule has 0 aromatic carbocycles. The summed E-state index contributed by atoms with van der Waals surface area (Å²) < 4.78 is 5.49. The topological polar surface area (TPSA) is 95.9 Å². The Labute approximate surface area is 482 Å². The Morgan fingerprint density at radius 2 is 0.610 bits per heavy atom. The molecule has 0 fully saturated rings. The lowest BCUT2D eigenvalue weighted by Crippen LogP contribution is -2.45. The molecule has 0 saturated carbocycles. The molecule has 458 valence electrons. The fraction of sp³-hybridized carbons (Fsp3) is 0.944. The highest BCUT2D eigenvalue weighted by Gasteiger charge is 2.20. The number of allylic oxidation sites excluding steroid dienone is 2. The van der Waals surface area contributed by atoms with Gasteiger partial charge in [-0.1, -0.05) is 353 Å². The van der Waals surface area contributed by atoms with Crippen molar-refractivity contribution in [2.75, 3.05) is 13.2 Å². The van der Waals surface area contributed by atoms with Crippen LogP contribution in [0.2, 0.25) is 0 Å². The van der Waals surface area contributed by atoms with Gasteiger partial charge in [0.15, 0.2) is 0 Å². The van der Waals surface area contributed by atoms with Crippen molar-refractivity contribution in [3.8, 4) is 0 Å². The molecule has 0 radical (unpaired) electrons. The summed E-state index contributed by atoms with van der Waals surface area (Å²) in [5, 5.41) is 23.4. The van der Waals surface area contributed by atoms with Crippen molar-refractivity contribution < 1.29 is 24.5 Å². The van der Waals surface area contributed by atoms with Gasteiger partial charge in [0.25, 0.3) is 0 Å². The van der Waals surface area contributed by atoms with Crippen LogP contribution in [0.15, 0.2) is 12.2 Å². The summed E-state index contributed by atoms with van der Waals surface area (Å²) in [6, 6.07) is -0.542. The molecule has 0 aliphatic rings. The van der Waals surface area contributed by atoms with Crippen LogP contribution < -0.4 is 5.32 Å². The fourth-order valence-corrected chi connectivity index (χ4v) is 11.4. The molecule has 0 aliphatic carbocycles. The number of rotatable bonds is 67. The molecule has 6 heteroatoms. The third kappa shape index (κ3) is 63.6. The molecule has 0 spiro atoms. The Kier molecular flexibility index (Phi) is 65.9. The summed E-state index contributed by atoms with van der Waals surface area (Å²) in [6.45, 7) is 4.98. The number of ether oxygens (including phenoxy) is 1. The maximum Gasteiger partial charge on any atom is 0.305 e. The normalized spacial score (nSPS) is 12.5. The largest absolute Gasteiger partial charge is 0.466 e. The number of unbranched alkanes of at least 4 members (excludes halogenated alkanes) is 54. The quantitative estimate of drug-likeness (QED) is 0.0320. The predicted molar refractivity (Wildman–Crippen MR) is 338 cm³/mol. The molecule has 1 amide bonds. The van der Waals surface area contributed by atoms with E-state index in [1.807, 2.05) is 0 Å². The fourth-order valence-electron chi connectivity index (χ4n) is 11.4.